The number of hydrazine groups is 1. The van der Waals surface area contributed by atoms with Gasteiger partial charge in [-0.15, -0.1) is 11.3 Å². The standard InChI is InChI=1S/C15H17N5S/c1-2-20(11-6-4-3-5-7-11)10-13-17-14(19-16)12-8-9-21-15(12)18-13/h3-9H,2,10,16H2,1H3,(H,17,18,19). The van der Waals surface area contributed by atoms with Gasteiger partial charge >= 0.3 is 0 Å². The SMILES string of the molecule is CCN(Cc1nc(NN)c2ccsc2n1)c1ccccc1. The van der Waals surface area contributed by atoms with E-state index in [1.165, 1.54) is 0 Å². The zero-order chi connectivity index (χ0) is 14.7. The van der Waals surface area contributed by atoms with Gasteiger partial charge in [0, 0.05) is 12.2 Å². The maximum Gasteiger partial charge on any atom is 0.152 e. The van der Waals surface area contributed by atoms with E-state index in [4.69, 9.17) is 5.84 Å². The highest BCUT2D eigenvalue weighted by Crippen LogP contribution is 2.25. The van der Waals surface area contributed by atoms with Crippen molar-refractivity contribution in [3.63, 3.8) is 0 Å². The minimum absolute atomic E-state index is 0.656. The minimum atomic E-state index is 0.656. The lowest BCUT2D eigenvalue weighted by Gasteiger charge is -2.22. The van der Waals surface area contributed by atoms with Crippen LogP contribution in [0.1, 0.15) is 12.7 Å². The first-order chi connectivity index (χ1) is 10.3. The zero-order valence-electron chi connectivity index (χ0n) is 11.8. The molecule has 0 aliphatic rings. The Balaban J connectivity index is 1.93. The Morgan fingerprint density at radius 3 is 2.71 bits per heavy atom. The second-order valence-corrected chi connectivity index (χ2v) is 5.52. The Morgan fingerprint density at radius 2 is 2.00 bits per heavy atom. The molecule has 1 aromatic carbocycles. The molecule has 0 unspecified atom stereocenters. The number of nitrogens with one attached hydrogen (secondary N) is 1. The van der Waals surface area contributed by atoms with Crippen molar-refractivity contribution in [3.05, 3.63) is 47.6 Å². The van der Waals surface area contributed by atoms with Crippen molar-refractivity contribution in [2.45, 2.75) is 13.5 Å². The molecule has 0 radical (unpaired) electrons. The van der Waals surface area contributed by atoms with Crippen molar-refractivity contribution < 1.29 is 0 Å². The van der Waals surface area contributed by atoms with E-state index in [0.29, 0.717) is 12.4 Å². The lowest BCUT2D eigenvalue weighted by molar-refractivity contribution is 0.787. The van der Waals surface area contributed by atoms with Gasteiger partial charge in [-0.2, -0.15) is 0 Å². The summed E-state index contributed by atoms with van der Waals surface area (Å²) in [7, 11) is 0. The molecule has 0 amide bonds. The molecule has 0 atom stereocenters. The van der Waals surface area contributed by atoms with Gasteiger partial charge in [-0.05, 0) is 30.5 Å². The maximum atomic E-state index is 5.57. The van der Waals surface area contributed by atoms with Gasteiger partial charge in [0.05, 0.1) is 11.9 Å². The zero-order valence-corrected chi connectivity index (χ0v) is 12.6. The van der Waals surface area contributed by atoms with Crippen LogP contribution in [0, 0.1) is 0 Å². The van der Waals surface area contributed by atoms with E-state index in [2.05, 4.69) is 39.4 Å². The van der Waals surface area contributed by atoms with E-state index in [1.54, 1.807) is 11.3 Å². The van der Waals surface area contributed by atoms with Gasteiger partial charge in [-0.1, -0.05) is 18.2 Å². The molecule has 6 heteroatoms. The average molecular weight is 299 g/mol. The van der Waals surface area contributed by atoms with E-state index in [-0.39, 0.29) is 0 Å². The molecule has 2 heterocycles. The van der Waals surface area contributed by atoms with Crippen molar-refractivity contribution in [1.29, 1.82) is 0 Å². The number of aromatic nitrogens is 2. The second kappa shape index (κ2) is 6.07. The molecule has 108 valence electrons. The van der Waals surface area contributed by atoms with Crippen LogP contribution in [0.2, 0.25) is 0 Å². The topological polar surface area (TPSA) is 67.1 Å². The monoisotopic (exact) mass is 299 g/mol. The Kier molecular flexibility index (Phi) is 3.98. The lowest BCUT2D eigenvalue weighted by atomic mass is 10.3. The quantitative estimate of drug-likeness (QED) is 0.560. The summed E-state index contributed by atoms with van der Waals surface area (Å²) in [6, 6.07) is 12.3. The first kappa shape index (κ1) is 13.8. The number of thiophene rings is 1. The van der Waals surface area contributed by atoms with Gasteiger partial charge < -0.3 is 10.3 Å². The van der Waals surface area contributed by atoms with Crippen LogP contribution in [-0.2, 0) is 6.54 Å². The first-order valence-corrected chi connectivity index (χ1v) is 7.70. The number of nitrogens with zero attached hydrogens (tertiary/aromatic N) is 3. The van der Waals surface area contributed by atoms with Gasteiger partial charge in [0.25, 0.3) is 0 Å². The molecule has 0 spiro atoms. The van der Waals surface area contributed by atoms with E-state index in [0.717, 1.165) is 28.3 Å². The summed E-state index contributed by atoms with van der Waals surface area (Å²) in [6.07, 6.45) is 0. The summed E-state index contributed by atoms with van der Waals surface area (Å²) in [5, 5.41) is 2.97. The van der Waals surface area contributed by atoms with Crippen LogP contribution in [0.3, 0.4) is 0 Å². The Bertz CT molecular complexity index is 725. The molecule has 0 saturated heterocycles. The third-order valence-electron chi connectivity index (χ3n) is 3.34. The normalized spacial score (nSPS) is 10.8. The van der Waals surface area contributed by atoms with E-state index in [1.807, 2.05) is 29.6 Å². The van der Waals surface area contributed by atoms with Gasteiger partial charge in [0.1, 0.15) is 4.83 Å². The highest BCUT2D eigenvalue weighted by Gasteiger charge is 2.11. The molecule has 0 aliphatic carbocycles. The third-order valence-corrected chi connectivity index (χ3v) is 4.15. The minimum Gasteiger partial charge on any atom is -0.364 e. The predicted molar refractivity (Wildman–Crippen MR) is 88.4 cm³/mol. The summed E-state index contributed by atoms with van der Waals surface area (Å²) >= 11 is 1.60. The molecule has 0 fully saturated rings. The fourth-order valence-corrected chi connectivity index (χ4v) is 3.06. The smallest absolute Gasteiger partial charge is 0.152 e. The fraction of sp³-hybridized carbons (Fsp3) is 0.200. The van der Waals surface area contributed by atoms with Crippen molar-refractivity contribution in [2.24, 2.45) is 5.84 Å². The molecular weight excluding hydrogens is 282 g/mol. The summed E-state index contributed by atoms with van der Waals surface area (Å²) in [5.74, 6) is 7.02. The molecule has 0 saturated carbocycles. The molecule has 5 nitrogen and oxygen atoms in total. The number of anilines is 2. The molecular formula is C15H17N5S. The van der Waals surface area contributed by atoms with Crippen LogP contribution in [0.15, 0.2) is 41.8 Å². The van der Waals surface area contributed by atoms with Crippen molar-refractivity contribution in [2.75, 3.05) is 16.9 Å². The van der Waals surface area contributed by atoms with Crippen LogP contribution >= 0.6 is 11.3 Å². The number of rotatable bonds is 5. The Labute approximate surface area is 127 Å². The lowest BCUT2D eigenvalue weighted by Crippen LogP contribution is -2.23. The summed E-state index contributed by atoms with van der Waals surface area (Å²) in [5.41, 5.74) is 3.83. The molecule has 3 aromatic rings. The van der Waals surface area contributed by atoms with Gasteiger partial charge in [-0.25, -0.2) is 15.8 Å². The molecule has 0 aliphatic heterocycles. The van der Waals surface area contributed by atoms with Crippen LogP contribution < -0.4 is 16.2 Å². The fourth-order valence-electron chi connectivity index (χ4n) is 2.28. The Morgan fingerprint density at radius 1 is 1.19 bits per heavy atom. The average Bonchev–Trinajstić information content (AvgIpc) is 3.01. The number of para-hydroxylation sites is 1. The van der Waals surface area contributed by atoms with Crippen molar-refractivity contribution >= 4 is 33.1 Å². The van der Waals surface area contributed by atoms with Gasteiger partial charge in [0.15, 0.2) is 11.6 Å². The summed E-state index contributed by atoms with van der Waals surface area (Å²) < 4.78 is 0. The van der Waals surface area contributed by atoms with Crippen LogP contribution in [0.4, 0.5) is 11.5 Å². The van der Waals surface area contributed by atoms with Gasteiger partial charge in [-0.3, -0.25) is 0 Å². The first-order valence-electron chi connectivity index (χ1n) is 6.82. The summed E-state index contributed by atoms with van der Waals surface area (Å²) in [4.78, 5) is 12.3. The number of benzene rings is 1. The number of nitrogen functional groups attached to an aromatic ring is 1. The third kappa shape index (κ3) is 2.81. The van der Waals surface area contributed by atoms with Crippen molar-refractivity contribution in [1.82, 2.24) is 9.97 Å². The second-order valence-electron chi connectivity index (χ2n) is 4.62. The molecule has 3 N–H and O–H groups in total. The number of hydrogen-bond acceptors (Lipinski definition) is 6. The highest BCUT2D eigenvalue weighted by atomic mass is 32.1. The van der Waals surface area contributed by atoms with Gasteiger partial charge in [0.2, 0.25) is 0 Å². The van der Waals surface area contributed by atoms with E-state index >= 15 is 0 Å². The predicted octanol–water partition coefficient (Wildman–Crippen LogP) is 3.00. The number of nitrogens with two attached hydrogens (primary N) is 1. The highest BCUT2D eigenvalue weighted by molar-refractivity contribution is 7.16. The van der Waals surface area contributed by atoms with E-state index in [9.17, 15) is 0 Å². The molecule has 21 heavy (non-hydrogen) atoms. The Hall–Kier alpha value is -2.18. The van der Waals surface area contributed by atoms with Crippen LogP contribution in [-0.4, -0.2) is 16.5 Å². The summed E-state index contributed by atoms with van der Waals surface area (Å²) in [6.45, 7) is 3.67. The number of hydrogen-bond donors (Lipinski definition) is 2. The van der Waals surface area contributed by atoms with E-state index < -0.39 is 0 Å². The van der Waals surface area contributed by atoms with Crippen molar-refractivity contribution in [3.8, 4) is 0 Å². The van der Waals surface area contributed by atoms with Crippen LogP contribution in [0.25, 0.3) is 10.2 Å². The molecule has 2 aromatic heterocycles. The largest absolute Gasteiger partial charge is 0.364 e. The number of fused-ring (bicyclic) bond motifs is 1. The van der Waals surface area contributed by atoms with Crippen LogP contribution in [0.5, 0.6) is 0 Å². The maximum absolute atomic E-state index is 5.57. The molecule has 3 rings (SSSR count). The molecule has 0 bridgehead atoms.